The summed E-state index contributed by atoms with van der Waals surface area (Å²) in [6.45, 7) is 6.54. The Labute approximate surface area is 145 Å². The van der Waals surface area contributed by atoms with Crippen molar-refractivity contribution in [2.24, 2.45) is 5.92 Å². The molecule has 1 saturated heterocycles. The van der Waals surface area contributed by atoms with Gasteiger partial charge in [-0.1, -0.05) is 26.2 Å². The maximum atomic E-state index is 6.18. The molecule has 2 aliphatic carbocycles. The summed E-state index contributed by atoms with van der Waals surface area (Å²) < 4.78 is 0. The molecule has 0 spiro atoms. The van der Waals surface area contributed by atoms with Gasteiger partial charge in [-0.2, -0.15) is 4.98 Å². The number of hydrogen-bond acceptors (Lipinski definition) is 5. The molecule has 1 aromatic rings. The van der Waals surface area contributed by atoms with Crippen molar-refractivity contribution < 1.29 is 0 Å². The van der Waals surface area contributed by atoms with E-state index in [1.807, 2.05) is 0 Å². The van der Waals surface area contributed by atoms with Crippen LogP contribution in [0.25, 0.3) is 0 Å². The molecule has 0 radical (unpaired) electrons. The van der Waals surface area contributed by atoms with Gasteiger partial charge in [-0.25, -0.2) is 4.98 Å². The molecule has 1 unspecified atom stereocenters. The van der Waals surface area contributed by atoms with Crippen LogP contribution in [0.1, 0.15) is 63.1 Å². The number of nitrogen functional groups attached to an aromatic ring is 1. The van der Waals surface area contributed by atoms with E-state index >= 15 is 0 Å². The third-order valence-corrected chi connectivity index (χ3v) is 6.59. The van der Waals surface area contributed by atoms with Crippen LogP contribution < -0.4 is 16.0 Å². The molecule has 0 amide bonds. The minimum atomic E-state index is 0.188. The zero-order valence-electron chi connectivity index (χ0n) is 15.0. The molecule has 1 saturated carbocycles. The van der Waals surface area contributed by atoms with Gasteiger partial charge in [-0.05, 0) is 38.0 Å². The van der Waals surface area contributed by atoms with Gasteiger partial charge in [0.1, 0.15) is 5.82 Å². The van der Waals surface area contributed by atoms with Crippen LogP contribution in [0.5, 0.6) is 0 Å². The lowest BCUT2D eigenvalue weighted by Gasteiger charge is -2.44. The smallest absolute Gasteiger partial charge is 0.222 e. The molecule has 0 aromatic carbocycles. The molecular weight excluding hydrogens is 298 g/mol. The van der Waals surface area contributed by atoms with Gasteiger partial charge in [0, 0.05) is 37.2 Å². The molecule has 0 bridgehead atoms. The molecule has 2 heterocycles. The third-order valence-electron chi connectivity index (χ3n) is 6.59. The molecule has 3 aliphatic rings. The normalized spacial score (nSPS) is 28.6. The van der Waals surface area contributed by atoms with Gasteiger partial charge in [0.15, 0.2) is 0 Å². The van der Waals surface area contributed by atoms with Gasteiger partial charge in [-0.15, -0.1) is 0 Å². The number of fused-ring (bicyclic) bond motifs is 1. The molecule has 132 valence electrons. The van der Waals surface area contributed by atoms with Gasteiger partial charge in [0.25, 0.3) is 0 Å². The zero-order chi connectivity index (χ0) is 16.6. The Morgan fingerprint density at radius 2 is 1.83 bits per heavy atom. The average molecular weight is 329 g/mol. The number of rotatable bonds is 2. The fourth-order valence-electron chi connectivity index (χ4n) is 5.22. The Morgan fingerprint density at radius 1 is 1.08 bits per heavy atom. The molecule has 2 fully saturated rings. The molecule has 5 nitrogen and oxygen atoms in total. The number of hydrogen-bond donors (Lipinski definition) is 2. The first-order valence-electron chi connectivity index (χ1n) is 9.81. The second kappa shape index (κ2) is 6.51. The van der Waals surface area contributed by atoms with Crippen molar-refractivity contribution in [3.8, 4) is 0 Å². The number of anilines is 2. The van der Waals surface area contributed by atoms with Crippen LogP contribution in [0.3, 0.4) is 0 Å². The molecule has 3 N–H and O–H groups in total. The maximum absolute atomic E-state index is 6.18. The van der Waals surface area contributed by atoms with E-state index in [-0.39, 0.29) is 5.41 Å². The van der Waals surface area contributed by atoms with E-state index in [1.54, 1.807) is 0 Å². The van der Waals surface area contributed by atoms with Crippen molar-refractivity contribution in [3.63, 3.8) is 0 Å². The van der Waals surface area contributed by atoms with Crippen molar-refractivity contribution in [1.82, 2.24) is 15.3 Å². The molecule has 24 heavy (non-hydrogen) atoms. The van der Waals surface area contributed by atoms with Crippen LogP contribution in [0, 0.1) is 5.92 Å². The molecule has 1 aliphatic heterocycles. The monoisotopic (exact) mass is 329 g/mol. The number of nitrogens with zero attached hydrogens (tertiary/aromatic N) is 3. The molecular formula is C19H31N5. The summed E-state index contributed by atoms with van der Waals surface area (Å²) in [5.41, 5.74) is 9.04. The second-order valence-electron chi connectivity index (χ2n) is 8.08. The molecule has 5 heteroatoms. The van der Waals surface area contributed by atoms with Crippen LogP contribution in [0.15, 0.2) is 0 Å². The zero-order valence-corrected chi connectivity index (χ0v) is 15.0. The first-order chi connectivity index (χ1) is 11.7. The van der Waals surface area contributed by atoms with Crippen molar-refractivity contribution >= 4 is 11.8 Å². The SMILES string of the molecule is CC1(C2CCCCC2)CCCc2c(N3CCNCC3)nc(N)nc21. The van der Waals surface area contributed by atoms with E-state index in [0.717, 1.165) is 44.3 Å². The highest BCUT2D eigenvalue weighted by Gasteiger charge is 2.42. The first kappa shape index (κ1) is 16.1. The number of nitrogens with one attached hydrogen (secondary N) is 1. The minimum absolute atomic E-state index is 0.188. The van der Waals surface area contributed by atoms with Crippen LogP contribution in [0.2, 0.25) is 0 Å². The number of aromatic nitrogens is 2. The summed E-state index contributed by atoms with van der Waals surface area (Å²) in [5, 5.41) is 3.43. The quantitative estimate of drug-likeness (QED) is 0.873. The van der Waals surface area contributed by atoms with E-state index in [2.05, 4.69) is 22.1 Å². The largest absolute Gasteiger partial charge is 0.368 e. The predicted octanol–water partition coefficient (Wildman–Crippen LogP) is 2.64. The third kappa shape index (κ3) is 2.77. The van der Waals surface area contributed by atoms with Gasteiger partial charge >= 0.3 is 0 Å². The van der Waals surface area contributed by atoms with Crippen LogP contribution in [-0.4, -0.2) is 36.1 Å². The number of piperazine rings is 1. The average Bonchev–Trinajstić information content (AvgIpc) is 2.63. The molecule has 1 aromatic heterocycles. The Kier molecular flexibility index (Phi) is 4.37. The van der Waals surface area contributed by atoms with Gasteiger partial charge in [0.2, 0.25) is 5.95 Å². The summed E-state index contributed by atoms with van der Waals surface area (Å²) >= 11 is 0. The second-order valence-corrected chi connectivity index (χ2v) is 8.08. The number of nitrogens with two attached hydrogens (primary N) is 1. The van der Waals surface area contributed by atoms with Gasteiger partial charge < -0.3 is 16.0 Å². The van der Waals surface area contributed by atoms with Crippen molar-refractivity contribution in [2.75, 3.05) is 36.8 Å². The van der Waals surface area contributed by atoms with E-state index in [1.165, 1.54) is 56.2 Å². The summed E-state index contributed by atoms with van der Waals surface area (Å²) in [6, 6.07) is 0. The van der Waals surface area contributed by atoms with Crippen LogP contribution in [0.4, 0.5) is 11.8 Å². The summed E-state index contributed by atoms with van der Waals surface area (Å²) in [5.74, 6) is 2.35. The molecule has 1 atom stereocenters. The first-order valence-corrected chi connectivity index (χ1v) is 9.81. The van der Waals surface area contributed by atoms with Gasteiger partial charge in [0.05, 0.1) is 5.69 Å². The Hall–Kier alpha value is -1.36. The predicted molar refractivity (Wildman–Crippen MR) is 98.4 cm³/mol. The fourth-order valence-corrected chi connectivity index (χ4v) is 5.22. The van der Waals surface area contributed by atoms with E-state index in [0.29, 0.717) is 5.95 Å². The van der Waals surface area contributed by atoms with Crippen LogP contribution in [-0.2, 0) is 11.8 Å². The van der Waals surface area contributed by atoms with E-state index < -0.39 is 0 Å². The lowest BCUT2D eigenvalue weighted by Crippen LogP contribution is -2.45. The van der Waals surface area contributed by atoms with E-state index in [4.69, 9.17) is 10.7 Å². The Morgan fingerprint density at radius 3 is 2.58 bits per heavy atom. The fraction of sp³-hybridized carbons (Fsp3) is 0.789. The van der Waals surface area contributed by atoms with Crippen molar-refractivity contribution in [3.05, 3.63) is 11.3 Å². The van der Waals surface area contributed by atoms with Crippen molar-refractivity contribution in [2.45, 2.75) is 63.7 Å². The highest BCUT2D eigenvalue weighted by molar-refractivity contribution is 5.55. The summed E-state index contributed by atoms with van der Waals surface area (Å²) in [6.07, 6.45) is 10.5. The topological polar surface area (TPSA) is 67.1 Å². The van der Waals surface area contributed by atoms with Crippen molar-refractivity contribution in [1.29, 1.82) is 0 Å². The van der Waals surface area contributed by atoms with Crippen LogP contribution >= 0.6 is 0 Å². The lowest BCUT2D eigenvalue weighted by atomic mass is 9.62. The van der Waals surface area contributed by atoms with Gasteiger partial charge in [-0.3, -0.25) is 0 Å². The Balaban J connectivity index is 1.75. The summed E-state index contributed by atoms with van der Waals surface area (Å²) in [4.78, 5) is 11.9. The Bertz CT molecular complexity index is 590. The van der Waals surface area contributed by atoms with E-state index in [9.17, 15) is 0 Å². The standard InChI is InChI=1S/C19H31N5/c1-19(14-6-3-2-4-7-14)9-5-8-15-16(19)22-18(20)23-17(15)24-12-10-21-11-13-24/h14,21H,2-13H2,1H3,(H2,20,22,23). The highest BCUT2D eigenvalue weighted by atomic mass is 15.3. The molecule has 4 rings (SSSR count). The maximum Gasteiger partial charge on any atom is 0.222 e. The highest BCUT2D eigenvalue weighted by Crippen LogP contribution is 2.48. The lowest BCUT2D eigenvalue weighted by molar-refractivity contribution is 0.189. The minimum Gasteiger partial charge on any atom is -0.368 e. The summed E-state index contributed by atoms with van der Waals surface area (Å²) in [7, 11) is 0.